The molecular weight excluding hydrogens is 418 g/mol. The van der Waals surface area contributed by atoms with Crippen LogP contribution in [0.25, 0.3) is 0 Å². The van der Waals surface area contributed by atoms with Gasteiger partial charge in [-0.15, -0.1) is 0 Å². The minimum absolute atomic E-state index is 0.0373. The molecule has 2 saturated heterocycles. The van der Waals surface area contributed by atoms with Crippen molar-refractivity contribution in [2.45, 2.75) is 51.4 Å². The van der Waals surface area contributed by atoms with E-state index >= 15 is 0 Å². The summed E-state index contributed by atoms with van der Waals surface area (Å²) in [7, 11) is 0. The van der Waals surface area contributed by atoms with Gasteiger partial charge in [-0.2, -0.15) is 5.10 Å². The van der Waals surface area contributed by atoms with E-state index in [0.29, 0.717) is 36.1 Å². The van der Waals surface area contributed by atoms with Crippen LogP contribution in [0.5, 0.6) is 5.75 Å². The molecule has 33 heavy (non-hydrogen) atoms. The Hall–Kier alpha value is -3.13. The van der Waals surface area contributed by atoms with Crippen LogP contribution in [0.2, 0.25) is 0 Å². The van der Waals surface area contributed by atoms with Crippen LogP contribution in [0.4, 0.5) is 0 Å². The van der Waals surface area contributed by atoms with Crippen molar-refractivity contribution < 1.29 is 13.9 Å². The van der Waals surface area contributed by atoms with Gasteiger partial charge in [0.25, 0.3) is 5.91 Å². The first-order valence-corrected chi connectivity index (χ1v) is 11.8. The number of furan rings is 1. The van der Waals surface area contributed by atoms with E-state index in [0.717, 1.165) is 38.2 Å². The van der Waals surface area contributed by atoms with Gasteiger partial charge >= 0.3 is 0 Å². The summed E-state index contributed by atoms with van der Waals surface area (Å²) in [5.41, 5.74) is 0. The van der Waals surface area contributed by atoms with Crippen LogP contribution < -0.4 is 4.74 Å². The number of carbonyl (C=O) groups is 1. The van der Waals surface area contributed by atoms with E-state index in [1.807, 2.05) is 41.3 Å². The van der Waals surface area contributed by atoms with Gasteiger partial charge in [-0.25, -0.2) is 9.67 Å². The number of rotatable bonds is 7. The highest BCUT2D eigenvalue weighted by atomic mass is 16.5. The predicted octanol–water partition coefficient (Wildman–Crippen LogP) is 3.31. The van der Waals surface area contributed by atoms with Crippen LogP contribution in [-0.2, 0) is 6.54 Å². The molecule has 8 nitrogen and oxygen atoms in total. The quantitative estimate of drug-likeness (QED) is 0.551. The second-order valence-electron chi connectivity index (χ2n) is 9.24. The van der Waals surface area contributed by atoms with Gasteiger partial charge in [0.05, 0.1) is 6.04 Å². The molecular formula is C25H31N5O3. The van der Waals surface area contributed by atoms with Crippen molar-refractivity contribution in [2.75, 3.05) is 19.6 Å². The van der Waals surface area contributed by atoms with E-state index in [1.165, 1.54) is 6.33 Å². The molecule has 8 heteroatoms. The summed E-state index contributed by atoms with van der Waals surface area (Å²) in [6.45, 7) is 7.39. The van der Waals surface area contributed by atoms with Gasteiger partial charge in [0.15, 0.2) is 5.76 Å². The van der Waals surface area contributed by atoms with E-state index in [1.54, 1.807) is 17.1 Å². The summed E-state index contributed by atoms with van der Waals surface area (Å²) >= 11 is 0. The molecule has 0 radical (unpaired) electrons. The number of hydrogen-bond donors (Lipinski definition) is 0. The summed E-state index contributed by atoms with van der Waals surface area (Å²) in [6, 6.07) is 14.6. The molecule has 1 aromatic carbocycles. The van der Waals surface area contributed by atoms with Crippen LogP contribution in [-0.4, -0.2) is 68.3 Å². The SMILES string of the molecule is CC(C)N1C[C@H](Oc2ccccc2)[C@@H]1C1CCN(C(=O)c2ccc(Cn3cncn3)o2)CC1. The van der Waals surface area contributed by atoms with Crippen molar-refractivity contribution in [1.82, 2.24) is 24.6 Å². The second kappa shape index (κ2) is 9.39. The molecule has 4 heterocycles. The zero-order valence-corrected chi connectivity index (χ0v) is 19.2. The maximum absolute atomic E-state index is 13.0. The third kappa shape index (κ3) is 4.66. The molecule has 2 aliphatic rings. The largest absolute Gasteiger partial charge is 0.487 e. The summed E-state index contributed by atoms with van der Waals surface area (Å²) < 4.78 is 13.8. The number of ether oxygens (including phenoxy) is 1. The number of carbonyl (C=O) groups excluding carboxylic acids is 1. The highest BCUT2D eigenvalue weighted by molar-refractivity contribution is 5.91. The average Bonchev–Trinajstić information content (AvgIpc) is 3.49. The van der Waals surface area contributed by atoms with Gasteiger partial charge in [-0.05, 0) is 56.9 Å². The van der Waals surface area contributed by atoms with Gasteiger partial charge < -0.3 is 14.1 Å². The Kier molecular flexibility index (Phi) is 6.17. The zero-order valence-electron chi connectivity index (χ0n) is 19.2. The molecule has 0 unspecified atom stereocenters. The number of benzene rings is 1. The highest BCUT2D eigenvalue weighted by Gasteiger charge is 2.47. The van der Waals surface area contributed by atoms with Gasteiger partial charge in [0.1, 0.15) is 36.8 Å². The maximum Gasteiger partial charge on any atom is 0.289 e. The molecule has 3 aromatic rings. The summed E-state index contributed by atoms with van der Waals surface area (Å²) in [5.74, 6) is 2.49. The predicted molar refractivity (Wildman–Crippen MR) is 123 cm³/mol. The molecule has 0 saturated carbocycles. The van der Waals surface area contributed by atoms with Crippen LogP contribution in [0.3, 0.4) is 0 Å². The van der Waals surface area contributed by atoms with Crippen molar-refractivity contribution >= 4 is 5.91 Å². The first-order chi connectivity index (χ1) is 16.1. The molecule has 2 fully saturated rings. The monoisotopic (exact) mass is 449 g/mol. The van der Waals surface area contributed by atoms with Crippen LogP contribution in [0.15, 0.2) is 59.5 Å². The van der Waals surface area contributed by atoms with Gasteiger partial charge in [0.2, 0.25) is 0 Å². The lowest BCUT2D eigenvalue weighted by Crippen LogP contribution is -2.68. The smallest absolute Gasteiger partial charge is 0.289 e. The minimum atomic E-state index is -0.0373. The molecule has 2 atom stereocenters. The summed E-state index contributed by atoms with van der Waals surface area (Å²) in [6.07, 6.45) is 5.26. The number of amides is 1. The number of aromatic nitrogens is 3. The van der Waals surface area contributed by atoms with Gasteiger partial charge in [-0.1, -0.05) is 18.2 Å². The second-order valence-corrected chi connectivity index (χ2v) is 9.24. The van der Waals surface area contributed by atoms with Crippen LogP contribution in [0.1, 0.15) is 43.0 Å². The number of piperidine rings is 1. The van der Waals surface area contributed by atoms with Crippen LogP contribution >= 0.6 is 0 Å². The summed E-state index contributed by atoms with van der Waals surface area (Å²) in [4.78, 5) is 21.4. The molecule has 1 amide bonds. The molecule has 0 spiro atoms. The third-order valence-corrected chi connectivity index (χ3v) is 6.82. The van der Waals surface area contributed by atoms with Crippen LogP contribution in [0, 0.1) is 5.92 Å². The Bertz CT molecular complexity index is 1040. The van der Waals surface area contributed by atoms with E-state index in [4.69, 9.17) is 9.15 Å². The normalized spacial score (nSPS) is 21.8. The van der Waals surface area contributed by atoms with Gasteiger partial charge in [-0.3, -0.25) is 9.69 Å². The van der Waals surface area contributed by atoms with Crippen molar-refractivity contribution in [3.05, 3.63) is 66.6 Å². The average molecular weight is 450 g/mol. The fourth-order valence-electron chi connectivity index (χ4n) is 5.08. The number of nitrogens with zero attached hydrogens (tertiary/aromatic N) is 5. The maximum atomic E-state index is 13.0. The molecule has 2 aliphatic heterocycles. The molecule has 174 valence electrons. The van der Waals surface area contributed by atoms with Crippen molar-refractivity contribution in [2.24, 2.45) is 5.92 Å². The lowest BCUT2D eigenvalue weighted by Gasteiger charge is -2.54. The Morgan fingerprint density at radius 1 is 1.15 bits per heavy atom. The molecule has 0 aliphatic carbocycles. The minimum Gasteiger partial charge on any atom is -0.487 e. The highest BCUT2D eigenvalue weighted by Crippen LogP contribution is 2.36. The molecule has 0 bridgehead atoms. The number of para-hydroxylation sites is 1. The first-order valence-electron chi connectivity index (χ1n) is 11.8. The Morgan fingerprint density at radius 3 is 2.64 bits per heavy atom. The molecule has 5 rings (SSSR count). The van der Waals surface area contributed by atoms with E-state index in [2.05, 4.69) is 28.8 Å². The van der Waals surface area contributed by atoms with E-state index < -0.39 is 0 Å². The topological polar surface area (TPSA) is 76.6 Å². The first kappa shape index (κ1) is 21.7. The van der Waals surface area contributed by atoms with E-state index in [9.17, 15) is 4.79 Å². The Balaban J connectivity index is 1.19. The molecule has 0 N–H and O–H groups in total. The fraction of sp³-hybridized carbons (Fsp3) is 0.480. The third-order valence-electron chi connectivity index (χ3n) is 6.82. The standard InChI is InChI=1S/C25H31N5O3/c1-18(2)30-15-23(32-20-6-4-3-5-7-20)24(30)19-10-12-28(13-11-19)25(31)22-9-8-21(33-22)14-29-17-26-16-27-29/h3-9,16-19,23-24H,10-15H2,1-2H3/t23-,24-/m0/s1. The lowest BCUT2D eigenvalue weighted by molar-refractivity contribution is -0.0984. The van der Waals surface area contributed by atoms with E-state index in [-0.39, 0.29) is 12.0 Å². The summed E-state index contributed by atoms with van der Waals surface area (Å²) in [5, 5.41) is 4.08. The number of likely N-dealkylation sites (tertiary alicyclic amines) is 2. The van der Waals surface area contributed by atoms with Gasteiger partial charge in [0, 0.05) is 25.7 Å². The Morgan fingerprint density at radius 2 is 1.94 bits per heavy atom. The zero-order chi connectivity index (χ0) is 22.8. The fourth-order valence-corrected chi connectivity index (χ4v) is 5.08. The van der Waals surface area contributed by atoms with Crippen molar-refractivity contribution in [3.8, 4) is 5.75 Å². The van der Waals surface area contributed by atoms with Crippen molar-refractivity contribution in [1.29, 1.82) is 0 Å². The number of hydrogen-bond acceptors (Lipinski definition) is 6. The Labute approximate surface area is 194 Å². The molecule has 2 aromatic heterocycles. The lowest BCUT2D eigenvalue weighted by atomic mass is 9.79. The van der Waals surface area contributed by atoms with Crippen molar-refractivity contribution in [3.63, 3.8) is 0 Å².